The molecule has 1 saturated carbocycles. The normalized spacial score (nSPS) is 29.7. The van der Waals surface area contributed by atoms with E-state index in [2.05, 4.69) is 27.5 Å². The van der Waals surface area contributed by atoms with Crippen LogP contribution in [0.15, 0.2) is 6.20 Å². The summed E-state index contributed by atoms with van der Waals surface area (Å²) in [5, 5.41) is 11.9. The molecular formula is C13H23N5. The number of hydrogen-bond acceptors (Lipinski definition) is 4. The van der Waals surface area contributed by atoms with Gasteiger partial charge in [0.2, 0.25) is 0 Å². The Kier molecular flexibility index (Phi) is 3.35. The van der Waals surface area contributed by atoms with E-state index in [-0.39, 0.29) is 0 Å². The first-order valence-corrected chi connectivity index (χ1v) is 7.09. The van der Waals surface area contributed by atoms with Gasteiger partial charge in [-0.05, 0) is 25.2 Å². The second kappa shape index (κ2) is 4.97. The van der Waals surface area contributed by atoms with Gasteiger partial charge in [-0.3, -0.25) is 9.58 Å². The van der Waals surface area contributed by atoms with Crippen molar-refractivity contribution in [2.45, 2.75) is 44.8 Å². The summed E-state index contributed by atoms with van der Waals surface area (Å²) in [5.74, 6) is 0.909. The maximum absolute atomic E-state index is 4.23. The molecule has 1 aromatic rings. The number of nitrogens with one attached hydrogen (secondary N) is 1. The molecular weight excluding hydrogens is 226 g/mol. The van der Waals surface area contributed by atoms with Crippen LogP contribution in [0.25, 0.3) is 0 Å². The lowest BCUT2D eigenvalue weighted by Crippen LogP contribution is -2.56. The number of rotatable bonds is 4. The molecule has 5 heteroatoms. The van der Waals surface area contributed by atoms with Crippen molar-refractivity contribution in [1.82, 2.24) is 25.2 Å². The number of nitrogens with zero attached hydrogens (tertiary/aromatic N) is 4. The highest BCUT2D eigenvalue weighted by atomic mass is 15.4. The van der Waals surface area contributed by atoms with Crippen LogP contribution in [0.4, 0.5) is 0 Å². The maximum atomic E-state index is 4.23. The van der Waals surface area contributed by atoms with Crippen LogP contribution in [0.3, 0.4) is 0 Å². The Morgan fingerprint density at radius 3 is 2.89 bits per heavy atom. The molecule has 3 rings (SSSR count). The van der Waals surface area contributed by atoms with E-state index in [0.717, 1.165) is 31.2 Å². The molecule has 0 amide bonds. The number of hydrogen-bond donors (Lipinski definition) is 1. The Bertz CT molecular complexity index is 398. The van der Waals surface area contributed by atoms with Gasteiger partial charge in [0.05, 0.1) is 5.69 Å². The summed E-state index contributed by atoms with van der Waals surface area (Å²) in [5.41, 5.74) is 1.10. The van der Waals surface area contributed by atoms with Crippen LogP contribution in [0.2, 0.25) is 0 Å². The summed E-state index contributed by atoms with van der Waals surface area (Å²) in [4.78, 5) is 2.62. The molecule has 2 aliphatic rings. The molecule has 18 heavy (non-hydrogen) atoms. The number of piperazine rings is 1. The molecule has 1 saturated heterocycles. The van der Waals surface area contributed by atoms with Crippen molar-refractivity contribution in [1.29, 1.82) is 0 Å². The third kappa shape index (κ3) is 2.57. The standard InChI is InChI=1S/C13H23N5/c1-3-11-8-18(9-12-7-17(2)16-15-12)13(6-14-11)10-4-5-10/h7,10-11,13-14H,3-6,8-9H2,1-2H3. The van der Waals surface area contributed by atoms with E-state index in [9.17, 15) is 0 Å². The van der Waals surface area contributed by atoms with Crippen LogP contribution in [-0.2, 0) is 13.6 Å². The molecule has 1 aromatic heterocycles. The Balaban J connectivity index is 1.68. The zero-order chi connectivity index (χ0) is 12.5. The number of aromatic nitrogens is 3. The predicted molar refractivity (Wildman–Crippen MR) is 70.0 cm³/mol. The van der Waals surface area contributed by atoms with Crippen molar-refractivity contribution in [2.24, 2.45) is 13.0 Å². The molecule has 1 N–H and O–H groups in total. The summed E-state index contributed by atoms with van der Waals surface area (Å²) in [7, 11) is 1.93. The summed E-state index contributed by atoms with van der Waals surface area (Å²) < 4.78 is 1.79. The first-order valence-electron chi connectivity index (χ1n) is 7.09. The lowest BCUT2D eigenvalue weighted by molar-refractivity contribution is 0.104. The van der Waals surface area contributed by atoms with Crippen LogP contribution in [0, 0.1) is 5.92 Å². The van der Waals surface area contributed by atoms with Gasteiger partial charge >= 0.3 is 0 Å². The Labute approximate surface area is 109 Å². The molecule has 2 atom stereocenters. The first kappa shape index (κ1) is 12.1. The van der Waals surface area contributed by atoms with E-state index in [1.54, 1.807) is 4.68 Å². The average Bonchev–Trinajstić information content (AvgIpc) is 3.13. The van der Waals surface area contributed by atoms with Crippen molar-refractivity contribution in [3.05, 3.63) is 11.9 Å². The monoisotopic (exact) mass is 249 g/mol. The molecule has 2 fully saturated rings. The SMILES string of the molecule is CCC1CN(Cc2cn(C)nn2)C(C2CC2)CN1. The largest absolute Gasteiger partial charge is 0.311 e. The van der Waals surface area contributed by atoms with Gasteiger partial charge in [0.15, 0.2) is 0 Å². The average molecular weight is 249 g/mol. The smallest absolute Gasteiger partial charge is 0.0967 e. The zero-order valence-corrected chi connectivity index (χ0v) is 11.3. The summed E-state index contributed by atoms with van der Waals surface area (Å²) >= 11 is 0. The van der Waals surface area contributed by atoms with Gasteiger partial charge in [-0.25, -0.2) is 0 Å². The maximum Gasteiger partial charge on any atom is 0.0967 e. The van der Waals surface area contributed by atoms with Crippen LogP contribution in [0.1, 0.15) is 31.9 Å². The second-order valence-electron chi connectivity index (χ2n) is 5.73. The first-order chi connectivity index (χ1) is 8.76. The molecule has 5 nitrogen and oxygen atoms in total. The molecule has 0 bridgehead atoms. The van der Waals surface area contributed by atoms with Crippen molar-refractivity contribution in [2.75, 3.05) is 13.1 Å². The van der Waals surface area contributed by atoms with E-state index in [1.807, 2.05) is 13.2 Å². The number of aryl methyl sites for hydroxylation is 1. The molecule has 0 radical (unpaired) electrons. The molecule has 0 aromatic carbocycles. The quantitative estimate of drug-likeness (QED) is 0.856. The van der Waals surface area contributed by atoms with Crippen LogP contribution >= 0.6 is 0 Å². The van der Waals surface area contributed by atoms with Crippen LogP contribution < -0.4 is 5.32 Å². The molecule has 2 heterocycles. The van der Waals surface area contributed by atoms with Crippen LogP contribution in [-0.4, -0.2) is 45.1 Å². The topological polar surface area (TPSA) is 46.0 Å². The van der Waals surface area contributed by atoms with Gasteiger partial charge in [0.1, 0.15) is 0 Å². The summed E-state index contributed by atoms with van der Waals surface area (Å²) in [6.45, 7) is 5.50. The Morgan fingerprint density at radius 1 is 1.44 bits per heavy atom. The minimum absolute atomic E-state index is 0.636. The molecule has 100 valence electrons. The van der Waals surface area contributed by atoms with E-state index in [0.29, 0.717) is 12.1 Å². The predicted octanol–water partition coefficient (Wildman–Crippen LogP) is 0.777. The molecule has 1 aliphatic carbocycles. The fourth-order valence-corrected chi connectivity index (χ4v) is 2.98. The van der Waals surface area contributed by atoms with E-state index in [4.69, 9.17) is 0 Å². The lowest BCUT2D eigenvalue weighted by atomic mass is 10.0. The highest BCUT2D eigenvalue weighted by Crippen LogP contribution is 2.36. The minimum atomic E-state index is 0.636. The summed E-state index contributed by atoms with van der Waals surface area (Å²) in [6.07, 6.45) is 6.04. The van der Waals surface area contributed by atoms with Gasteiger partial charge in [-0.15, -0.1) is 5.10 Å². The fourth-order valence-electron chi connectivity index (χ4n) is 2.98. The van der Waals surface area contributed by atoms with Crippen molar-refractivity contribution in [3.8, 4) is 0 Å². The molecule has 1 aliphatic heterocycles. The molecule has 0 spiro atoms. The Morgan fingerprint density at radius 2 is 2.28 bits per heavy atom. The lowest BCUT2D eigenvalue weighted by Gasteiger charge is -2.40. The van der Waals surface area contributed by atoms with Gasteiger partial charge in [-0.1, -0.05) is 12.1 Å². The van der Waals surface area contributed by atoms with Gasteiger partial charge < -0.3 is 5.32 Å². The Hall–Kier alpha value is -0.940. The van der Waals surface area contributed by atoms with E-state index in [1.165, 1.54) is 19.3 Å². The van der Waals surface area contributed by atoms with E-state index < -0.39 is 0 Å². The van der Waals surface area contributed by atoms with Gasteiger partial charge in [0.25, 0.3) is 0 Å². The summed E-state index contributed by atoms with van der Waals surface area (Å²) in [6, 6.07) is 1.34. The fraction of sp³-hybridized carbons (Fsp3) is 0.846. The third-order valence-corrected chi connectivity index (χ3v) is 4.21. The highest BCUT2D eigenvalue weighted by Gasteiger charge is 2.38. The van der Waals surface area contributed by atoms with E-state index >= 15 is 0 Å². The molecule has 2 unspecified atom stereocenters. The van der Waals surface area contributed by atoms with Crippen molar-refractivity contribution in [3.63, 3.8) is 0 Å². The second-order valence-corrected chi connectivity index (χ2v) is 5.73. The third-order valence-electron chi connectivity index (χ3n) is 4.21. The van der Waals surface area contributed by atoms with Crippen molar-refractivity contribution < 1.29 is 0 Å². The highest BCUT2D eigenvalue weighted by molar-refractivity contribution is 4.99. The zero-order valence-electron chi connectivity index (χ0n) is 11.3. The van der Waals surface area contributed by atoms with Gasteiger partial charge in [-0.2, -0.15) is 0 Å². The minimum Gasteiger partial charge on any atom is -0.311 e. The van der Waals surface area contributed by atoms with Gasteiger partial charge in [0, 0.05) is 45.0 Å². The van der Waals surface area contributed by atoms with Crippen LogP contribution in [0.5, 0.6) is 0 Å². The van der Waals surface area contributed by atoms with Crippen molar-refractivity contribution >= 4 is 0 Å².